The molecule has 6 heteroatoms. The van der Waals surface area contributed by atoms with Gasteiger partial charge in [-0.05, 0) is 62.1 Å². The summed E-state index contributed by atoms with van der Waals surface area (Å²) >= 11 is 0. The fourth-order valence-corrected chi connectivity index (χ4v) is 3.83. The number of aromatic nitrogens is 2. The lowest BCUT2D eigenvalue weighted by Crippen LogP contribution is -2.44. The zero-order valence-electron chi connectivity index (χ0n) is 15.8. The van der Waals surface area contributed by atoms with Crippen molar-refractivity contribution >= 4 is 16.9 Å². The van der Waals surface area contributed by atoms with Crippen LogP contribution in [0, 0.1) is 5.82 Å². The molecule has 1 aliphatic rings. The summed E-state index contributed by atoms with van der Waals surface area (Å²) in [4.78, 5) is 32.6. The number of benzene rings is 1. The van der Waals surface area contributed by atoms with E-state index < -0.39 is 0 Å². The van der Waals surface area contributed by atoms with Crippen LogP contribution in [0.15, 0.2) is 53.5 Å². The van der Waals surface area contributed by atoms with Gasteiger partial charge in [0.15, 0.2) is 0 Å². The van der Waals surface area contributed by atoms with Crippen molar-refractivity contribution in [2.45, 2.75) is 38.8 Å². The maximum absolute atomic E-state index is 13.2. The molecule has 1 fully saturated rings. The molecule has 0 unspecified atom stereocenters. The van der Waals surface area contributed by atoms with Gasteiger partial charge in [0.1, 0.15) is 17.0 Å². The van der Waals surface area contributed by atoms with Crippen LogP contribution in [0.1, 0.15) is 42.1 Å². The monoisotopic (exact) mass is 379 g/mol. The van der Waals surface area contributed by atoms with Gasteiger partial charge < -0.3 is 4.90 Å². The van der Waals surface area contributed by atoms with Crippen molar-refractivity contribution < 1.29 is 9.18 Å². The van der Waals surface area contributed by atoms with E-state index in [-0.39, 0.29) is 35.4 Å². The number of hydrogen-bond acceptors (Lipinski definition) is 3. The first-order valence-electron chi connectivity index (χ1n) is 9.58. The molecular formula is C22H22FN3O2. The molecule has 1 aliphatic heterocycles. The van der Waals surface area contributed by atoms with Crippen molar-refractivity contribution in [3.05, 3.63) is 76.0 Å². The van der Waals surface area contributed by atoms with Gasteiger partial charge >= 0.3 is 0 Å². The van der Waals surface area contributed by atoms with E-state index in [2.05, 4.69) is 4.98 Å². The van der Waals surface area contributed by atoms with E-state index in [0.717, 1.165) is 30.2 Å². The standard InChI is InChI=1S/C22H22FN3O2/c1-15-5-2-3-12-25(15)21(27)19-13-17-6-4-11-24-20(17)26(22(19)28)14-16-7-9-18(23)10-8-16/h4,6-11,13,15H,2-3,5,12,14H2,1H3/t15-/m1/s1. The second-order valence-electron chi connectivity index (χ2n) is 7.34. The number of rotatable bonds is 3. The lowest BCUT2D eigenvalue weighted by atomic mass is 10.0. The first-order valence-corrected chi connectivity index (χ1v) is 9.58. The van der Waals surface area contributed by atoms with Gasteiger partial charge in [-0.25, -0.2) is 9.37 Å². The number of fused-ring (bicyclic) bond motifs is 1. The third-order valence-electron chi connectivity index (χ3n) is 5.40. The number of hydrogen-bond donors (Lipinski definition) is 0. The van der Waals surface area contributed by atoms with E-state index in [4.69, 9.17) is 0 Å². The predicted octanol–water partition coefficient (Wildman–Crippen LogP) is 3.60. The largest absolute Gasteiger partial charge is 0.336 e. The third-order valence-corrected chi connectivity index (χ3v) is 5.40. The van der Waals surface area contributed by atoms with Crippen molar-refractivity contribution in [3.8, 4) is 0 Å². The highest BCUT2D eigenvalue weighted by molar-refractivity contribution is 5.97. The van der Waals surface area contributed by atoms with Crippen LogP contribution in [0.2, 0.25) is 0 Å². The van der Waals surface area contributed by atoms with Gasteiger partial charge in [0.2, 0.25) is 0 Å². The smallest absolute Gasteiger partial charge is 0.265 e. The number of likely N-dealkylation sites (tertiary alicyclic amines) is 1. The summed E-state index contributed by atoms with van der Waals surface area (Å²) in [7, 11) is 0. The number of halogens is 1. The van der Waals surface area contributed by atoms with Crippen molar-refractivity contribution in [1.29, 1.82) is 0 Å². The van der Waals surface area contributed by atoms with Gasteiger partial charge in [-0.2, -0.15) is 0 Å². The van der Waals surface area contributed by atoms with E-state index in [9.17, 15) is 14.0 Å². The maximum Gasteiger partial charge on any atom is 0.265 e. The first-order chi connectivity index (χ1) is 13.5. The van der Waals surface area contributed by atoms with Crippen LogP contribution in [-0.2, 0) is 6.54 Å². The van der Waals surface area contributed by atoms with Gasteiger partial charge in [0.05, 0.1) is 6.54 Å². The van der Waals surface area contributed by atoms with Gasteiger partial charge in [-0.1, -0.05) is 12.1 Å². The maximum atomic E-state index is 13.2. The summed E-state index contributed by atoms with van der Waals surface area (Å²) < 4.78 is 14.7. The van der Waals surface area contributed by atoms with E-state index in [1.54, 1.807) is 35.4 Å². The van der Waals surface area contributed by atoms with Crippen LogP contribution in [0.4, 0.5) is 4.39 Å². The Kier molecular flexibility index (Phi) is 4.94. The van der Waals surface area contributed by atoms with Gasteiger partial charge in [-0.3, -0.25) is 14.2 Å². The minimum Gasteiger partial charge on any atom is -0.336 e. The molecule has 1 saturated heterocycles. The molecule has 3 aromatic rings. The number of piperidine rings is 1. The van der Waals surface area contributed by atoms with Gasteiger partial charge in [0.25, 0.3) is 11.5 Å². The van der Waals surface area contributed by atoms with Crippen LogP contribution in [0.25, 0.3) is 11.0 Å². The minimum atomic E-state index is -0.363. The summed E-state index contributed by atoms with van der Waals surface area (Å²) in [5.74, 6) is -0.557. The van der Waals surface area contributed by atoms with Crippen LogP contribution in [0.5, 0.6) is 0 Å². The molecule has 2 aromatic heterocycles. The molecule has 5 nitrogen and oxygen atoms in total. The molecular weight excluding hydrogens is 357 g/mol. The highest BCUT2D eigenvalue weighted by Crippen LogP contribution is 2.20. The molecule has 4 rings (SSSR count). The molecule has 3 heterocycles. The Morgan fingerprint density at radius 1 is 1.21 bits per heavy atom. The van der Waals surface area contributed by atoms with E-state index in [0.29, 0.717) is 12.2 Å². The summed E-state index contributed by atoms with van der Waals surface area (Å²) in [6.07, 6.45) is 4.62. The van der Waals surface area contributed by atoms with Crippen LogP contribution < -0.4 is 5.56 Å². The molecule has 28 heavy (non-hydrogen) atoms. The quantitative estimate of drug-likeness (QED) is 0.699. The van der Waals surface area contributed by atoms with Crippen molar-refractivity contribution in [3.63, 3.8) is 0 Å². The number of nitrogens with zero attached hydrogens (tertiary/aromatic N) is 3. The SMILES string of the molecule is C[C@@H]1CCCCN1C(=O)c1cc2cccnc2n(Cc2ccc(F)cc2)c1=O. The van der Waals surface area contributed by atoms with Crippen LogP contribution in [0.3, 0.4) is 0 Å². The summed E-state index contributed by atoms with van der Waals surface area (Å²) in [6.45, 7) is 2.92. The Bertz CT molecular complexity index is 1080. The minimum absolute atomic E-state index is 0.121. The predicted molar refractivity (Wildman–Crippen MR) is 106 cm³/mol. The zero-order valence-corrected chi connectivity index (χ0v) is 15.8. The lowest BCUT2D eigenvalue weighted by Gasteiger charge is -2.33. The first kappa shape index (κ1) is 18.3. The Hall–Kier alpha value is -3.02. The van der Waals surface area contributed by atoms with Crippen molar-refractivity contribution in [2.24, 2.45) is 0 Å². The molecule has 0 aliphatic carbocycles. The van der Waals surface area contributed by atoms with Gasteiger partial charge in [0, 0.05) is 24.2 Å². The molecule has 144 valence electrons. The molecule has 0 N–H and O–H groups in total. The van der Waals surface area contributed by atoms with Crippen LogP contribution >= 0.6 is 0 Å². The van der Waals surface area contributed by atoms with E-state index >= 15 is 0 Å². The molecule has 1 amide bonds. The fourth-order valence-electron chi connectivity index (χ4n) is 3.83. The Morgan fingerprint density at radius 2 is 2.00 bits per heavy atom. The normalized spacial score (nSPS) is 17.1. The summed E-state index contributed by atoms with van der Waals surface area (Å²) in [5.41, 5.74) is 1.08. The molecule has 0 bridgehead atoms. The molecule has 0 spiro atoms. The Morgan fingerprint density at radius 3 is 2.75 bits per heavy atom. The zero-order chi connectivity index (χ0) is 19.7. The molecule has 1 aromatic carbocycles. The van der Waals surface area contributed by atoms with E-state index in [1.165, 1.54) is 16.7 Å². The number of amides is 1. The highest BCUT2D eigenvalue weighted by Gasteiger charge is 2.27. The molecule has 0 saturated carbocycles. The topological polar surface area (TPSA) is 55.2 Å². The lowest BCUT2D eigenvalue weighted by molar-refractivity contribution is 0.0633. The second kappa shape index (κ2) is 7.54. The van der Waals surface area contributed by atoms with Crippen LogP contribution in [-0.4, -0.2) is 32.9 Å². The average molecular weight is 379 g/mol. The summed E-state index contributed by atoms with van der Waals surface area (Å²) in [5, 5.41) is 0.734. The third kappa shape index (κ3) is 3.42. The number of carbonyl (C=O) groups excluding carboxylic acids is 1. The van der Waals surface area contributed by atoms with Gasteiger partial charge in [-0.15, -0.1) is 0 Å². The summed E-state index contributed by atoms with van der Waals surface area (Å²) in [6, 6.07) is 11.4. The average Bonchev–Trinajstić information content (AvgIpc) is 2.71. The van der Waals surface area contributed by atoms with Crippen molar-refractivity contribution in [1.82, 2.24) is 14.5 Å². The fraction of sp³-hybridized carbons (Fsp3) is 0.318. The molecule has 0 radical (unpaired) electrons. The second-order valence-corrected chi connectivity index (χ2v) is 7.34. The Labute approximate surface area is 162 Å². The number of pyridine rings is 2. The highest BCUT2D eigenvalue weighted by atomic mass is 19.1. The van der Waals surface area contributed by atoms with E-state index in [1.807, 2.05) is 13.0 Å². The number of carbonyl (C=O) groups is 1. The van der Waals surface area contributed by atoms with Crippen molar-refractivity contribution in [2.75, 3.05) is 6.54 Å². The molecule has 1 atom stereocenters. The Balaban J connectivity index is 1.82.